The molecule has 0 bridgehead atoms. The van der Waals surface area contributed by atoms with Gasteiger partial charge in [0.05, 0.1) is 11.0 Å². The average Bonchev–Trinajstić information content (AvgIpc) is 3.83. The summed E-state index contributed by atoms with van der Waals surface area (Å²) in [5.74, 6) is 0. The first kappa shape index (κ1) is 43.1. The lowest BCUT2D eigenvalue weighted by atomic mass is 9.86. The van der Waals surface area contributed by atoms with E-state index in [0.29, 0.717) is 0 Å². The summed E-state index contributed by atoms with van der Waals surface area (Å²) in [6.45, 7) is 0. The highest BCUT2D eigenvalue weighted by Crippen LogP contribution is 2.45. The molecule has 0 atom stereocenters. The Balaban J connectivity index is 0.831. The molecule has 0 saturated heterocycles. The Labute approximate surface area is 430 Å². The fraction of sp³-hybridized carbons (Fsp3) is 0. The molecule has 346 valence electrons. The molecule has 2 nitrogen and oxygen atoms in total. The maximum atomic E-state index is 2.39. The van der Waals surface area contributed by atoms with Crippen LogP contribution in [0.15, 0.2) is 291 Å². The third-order valence-electron chi connectivity index (χ3n) is 15.0. The molecule has 0 aliphatic carbocycles. The molecule has 0 aliphatic heterocycles. The van der Waals surface area contributed by atoms with Gasteiger partial charge in [-0.3, -0.25) is 0 Å². The van der Waals surface area contributed by atoms with E-state index < -0.39 is 0 Å². The second-order valence-electron chi connectivity index (χ2n) is 19.2. The van der Waals surface area contributed by atoms with Crippen LogP contribution in [0.5, 0.6) is 0 Å². The molecule has 14 aromatic rings. The molecule has 0 unspecified atom stereocenters. The third kappa shape index (κ3) is 7.52. The minimum absolute atomic E-state index is 1.08. The zero-order chi connectivity index (χ0) is 49.0. The van der Waals surface area contributed by atoms with E-state index in [2.05, 4.69) is 301 Å². The van der Waals surface area contributed by atoms with Crippen LogP contribution >= 0.6 is 0 Å². The van der Waals surface area contributed by atoms with E-state index in [1.165, 1.54) is 110 Å². The van der Waals surface area contributed by atoms with Crippen LogP contribution in [-0.2, 0) is 0 Å². The fourth-order valence-corrected chi connectivity index (χ4v) is 11.4. The molecule has 13 aromatic carbocycles. The molecule has 0 radical (unpaired) electrons. The van der Waals surface area contributed by atoms with E-state index in [-0.39, 0.29) is 0 Å². The number of para-hydroxylation sites is 2. The number of fused-ring (bicyclic) bond motifs is 6. The SMILES string of the molecule is c1ccc(-c2c3ccccc3c(-c3ccc(-c4ccc(N(c5ccc(-c6ccc(-c7ccc8ccccc8c7)cc6)cc5)c5ccc6c(c5)c5ccccc5n6-c5ccccc5)cc4)cc3)c3ccccc23)cc1. The van der Waals surface area contributed by atoms with Gasteiger partial charge < -0.3 is 9.47 Å². The monoisotopic (exact) mass is 940 g/mol. The minimum Gasteiger partial charge on any atom is -0.310 e. The van der Waals surface area contributed by atoms with Crippen LogP contribution in [0.25, 0.3) is 115 Å². The second kappa shape index (κ2) is 18.1. The molecule has 0 saturated carbocycles. The van der Waals surface area contributed by atoms with Gasteiger partial charge in [-0.25, -0.2) is 0 Å². The Morgan fingerprint density at radius 1 is 0.216 bits per heavy atom. The lowest BCUT2D eigenvalue weighted by molar-refractivity contribution is 1.18. The zero-order valence-electron chi connectivity index (χ0n) is 40.6. The molecule has 0 amide bonds. The van der Waals surface area contributed by atoms with Gasteiger partial charge in [-0.2, -0.15) is 0 Å². The van der Waals surface area contributed by atoms with Gasteiger partial charge in [0.1, 0.15) is 0 Å². The molecule has 74 heavy (non-hydrogen) atoms. The van der Waals surface area contributed by atoms with Crippen molar-refractivity contribution in [2.24, 2.45) is 0 Å². The summed E-state index contributed by atoms with van der Waals surface area (Å²) in [5, 5.41) is 9.98. The minimum atomic E-state index is 1.08. The van der Waals surface area contributed by atoms with Crippen molar-refractivity contribution in [3.8, 4) is 61.3 Å². The Morgan fingerprint density at radius 2 is 0.595 bits per heavy atom. The van der Waals surface area contributed by atoms with Gasteiger partial charge in [0, 0.05) is 33.5 Å². The quantitative estimate of drug-likeness (QED) is 0.131. The number of hydrogen-bond donors (Lipinski definition) is 0. The Morgan fingerprint density at radius 3 is 1.15 bits per heavy atom. The van der Waals surface area contributed by atoms with E-state index >= 15 is 0 Å². The van der Waals surface area contributed by atoms with Crippen LogP contribution in [0.1, 0.15) is 0 Å². The summed E-state index contributed by atoms with van der Waals surface area (Å²) in [6, 6.07) is 106. The Hall–Kier alpha value is -9.76. The summed E-state index contributed by atoms with van der Waals surface area (Å²) in [7, 11) is 0. The van der Waals surface area contributed by atoms with E-state index in [9.17, 15) is 0 Å². The predicted molar refractivity (Wildman–Crippen MR) is 315 cm³/mol. The Bertz CT molecular complexity index is 4310. The molecule has 14 rings (SSSR count). The number of aromatic nitrogens is 1. The van der Waals surface area contributed by atoms with Crippen LogP contribution in [0.3, 0.4) is 0 Å². The van der Waals surface area contributed by atoms with E-state index in [0.717, 1.165) is 22.7 Å². The summed E-state index contributed by atoms with van der Waals surface area (Å²) in [4.78, 5) is 2.39. The van der Waals surface area contributed by atoms with Crippen molar-refractivity contribution in [3.05, 3.63) is 291 Å². The van der Waals surface area contributed by atoms with Gasteiger partial charge in [0.2, 0.25) is 0 Å². The predicted octanol–water partition coefficient (Wildman–Crippen LogP) is 20.0. The molecule has 1 heterocycles. The van der Waals surface area contributed by atoms with E-state index in [1.54, 1.807) is 0 Å². The van der Waals surface area contributed by atoms with E-state index in [1.807, 2.05) is 0 Å². The molecule has 0 spiro atoms. The average molecular weight is 941 g/mol. The first-order chi connectivity index (χ1) is 36.7. The van der Waals surface area contributed by atoms with Crippen LogP contribution in [0.4, 0.5) is 17.1 Å². The van der Waals surface area contributed by atoms with Crippen molar-refractivity contribution < 1.29 is 0 Å². The van der Waals surface area contributed by atoms with Gasteiger partial charge >= 0.3 is 0 Å². The van der Waals surface area contributed by atoms with Crippen molar-refractivity contribution in [2.75, 3.05) is 4.90 Å². The summed E-state index contributed by atoms with van der Waals surface area (Å²) >= 11 is 0. The molecule has 1 aromatic heterocycles. The van der Waals surface area contributed by atoms with Crippen molar-refractivity contribution >= 4 is 71.2 Å². The fourth-order valence-electron chi connectivity index (χ4n) is 11.4. The van der Waals surface area contributed by atoms with Crippen LogP contribution in [0.2, 0.25) is 0 Å². The lowest BCUT2D eigenvalue weighted by Gasteiger charge is -2.26. The lowest BCUT2D eigenvalue weighted by Crippen LogP contribution is -2.10. The third-order valence-corrected chi connectivity index (χ3v) is 15.0. The largest absolute Gasteiger partial charge is 0.310 e. The standard InChI is InChI=1S/C72H48N2/c1-3-16-55(17-4-1)71-64-22-9-11-24-66(64)72(67-25-12-10-23-65(67)71)56-34-31-51(32-35-56)53-39-43-61(44-40-53)73(62-45-46-70-68(48-62)63-21-13-14-26-69(63)74(70)59-19-5-2-6-20-59)60-41-37-52(38-42-60)50-27-29-54(30-28-50)58-36-33-49-15-7-8-18-57(49)47-58/h1-48H. The zero-order valence-corrected chi connectivity index (χ0v) is 40.6. The van der Waals surface area contributed by atoms with Gasteiger partial charge in [-0.1, -0.05) is 224 Å². The van der Waals surface area contributed by atoms with E-state index in [4.69, 9.17) is 0 Å². The number of rotatable bonds is 9. The number of benzene rings is 13. The van der Waals surface area contributed by atoms with Crippen molar-refractivity contribution in [3.63, 3.8) is 0 Å². The highest BCUT2D eigenvalue weighted by Gasteiger charge is 2.20. The van der Waals surface area contributed by atoms with Gasteiger partial charge in [0.15, 0.2) is 0 Å². The molecule has 0 aliphatic rings. The number of hydrogen-bond acceptors (Lipinski definition) is 1. The van der Waals surface area contributed by atoms with Gasteiger partial charge in [-0.15, -0.1) is 0 Å². The van der Waals surface area contributed by atoms with Crippen molar-refractivity contribution in [1.82, 2.24) is 4.57 Å². The smallest absolute Gasteiger partial charge is 0.0542 e. The second-order valence-corrected chi connectivity index (χ2v) is 19.2. The first-order valence-corrected chi connectivity index (χ1v) is 25.5. The normalized spacial score (nSPS) is 11.5. The van der Waals surface area contributed by atoms with Crippen LogP contribution in [0, 0.1) is 0 Å². The molecule has 2 heteroatoms. The van der Waals surface area contributed by atoms with Gasteiger partial charge in [-0.05, 0) is 155 Å². The van der Waals surface area contributed by atoms with Crippen LogP contribution in [-0.4, -0.2) is 4.57 Å². The summed E-state index contributed by atoms with van der Waals surface area (Å²) < 4.78 is 2.38. The summed E-state index contributed by atoms with van der Waals surface area (Å²) in [5.41, 5.74) is 18.9. The van der Waals surface area contributed by atoms with Crippen LogP contribution < -0.4 is 4.90 Å². The maximum absolute atomic E-state index is 2.39. The number of nitrogens with zero attached hydrogens (tertiary/aromatic N) is 2. The van der Waals surface area contributed by atoms with Crippen molar-refractivity contribution in [2.45, 2.75) is 0 Å². The molecule has 0 N–H and O–H groups in total. The summed E-state index contributed by atoms with van der Waals surface area (Å²) in [6.07, 6.45) is 0. The highest BCUT2D eigenvalue weighted by molar-refractivity contribution is 6.21. The molecular formula is C72H48N2. The topological polar surface area (TPSA) is 8.17 Å². The molecule has 0 fully saturated rings. The Kier molecular flexibility index (Phi) is 10.6. The number of anilines is 3. The van der Waals surface area contributed by atoms with Crippen molar-refractivity contribution in [1.29, 1.82) is 0 Å². The maximum Gasteiger partial charge on any atom is 0.0542 e. The highest BCUT2D eigenvalue weighted by atomic mass is 15.1. The first-order valence-electron chi connectivity index (χ1n) is 25.5. The van der Waals surface area contributed by atoms with Gasteiger partial charge in [0.25, 0.3) is 0 Å². The molecular weight excluding hydrogens is 893 g/mol.